The van der Waals surface area contributed by atoms with Crippen LogP contribution in [-0.4, -0.2) is 29.2 Å². The minimum absolute atomic E-state index is 0.202. The van der Waals surface area contributed by atoms with E-state index in [2.05, 4.69) is 20.9 Å². The Hall–Kier alpha value is -0.610. The summed E-state index contributed by atoms with van der Waals surface area (Å²) in [5.41, 5.74) is -0.419. The second-order valence-corrected chi connectivity index (χ2v) is 2.77. The van der Waals surface area contributed by atoms with Crippen molar-refractivity contribution in [3.63, 3.8) is 0 Å². The molecule has 1 aromatic rings. The first kappa shape index (κ1) is 2.96. The van der Waals surface area contributed by atoms with Gasteiger partial charge in [0.05, 0.1) is 22.7 Å². The number of hydrogen-bond acceptors (Lipinski definition) is 3. The molecule has 3 nitrogen and oxygen atoms in total. The van der Waals surface area contributed by atoms with Gasteiger partial charge >= 0.3 is 0 Å². The molecule has 0 amide bonds. The van der Waals surface area contributed by atoms with Crippen LogP contribution in [0, 0.1) is 0 Å². The van der Waals surface area contributed by atoms with Crippen molar-refractivity contribution >= 4 is 21.6 Å². The van der Waals surface area contributed by atoms with Crippen molar-refractivity contribution in [1.29, 1.82) is 0 Å². The Morgan fingerprint density at radius 2 is 2.67 bits per heavy atom. The summed E-state index contributed by atoms with van der Waals surface area (Å²) >= 11 is 2.90. The molecule has 1 fully saturated rings. The summed E-state index contributed by atoms with van der Waals surface area (Å²) in [6, 6.07) is -1.21. The van der Waals surface area contributed by atoms with E-state index in [1.165, 1.54) is 0 Å². The Morgan fingerprint density at radius 3 is 3.42 bits per heavy atom. The van der Waals surface area contributed by atoms with Gasteiger partial charge in [-0.3, -0.25) is 0 Å². The van der Waals surface area contributed by atoms with Crippen LogP contribution >= 0.6 is 15.9 Å². The molecule has 2 rings (SSSR count). The van der Waals surface area contributed by atoms with Crippen LogP contribution in [0.4, 0.5) is 5.69 Å². The van der Waals surface area contributed by atoms with Crippen molar-refractivity contribution in [2.75, 3.05) is 17.9 Å². The Morgan fingerprint density at radius 1 is 1.92 bits per heavy atom. The number of aromatic nitrogens is 1. The summed E-state index contributed by atoms with van der Waals surface area (Å²) < 4.78 is 60.2. The summed E-state index contributed by atoms with van der Waals surface area (Å²) in [7, 11) is 0. The summed E-state index contributed by atoms with van der Waals surface area (Å²) in [5, 5.41) is 9.60. The van der Waals surface area contributed by atoms with Gasteiger partial charge in [0.15, 0.2) is 0 Å². The predicted molar refractivity (Wildman–Crippen MR) is 50.2 cm³/mol. The first-order chi connectivity index (χ1) is 8.87. The minimum Gasteiger partial charge on any atom is -0.389 e. The van der Waals surface area contributed by atoms with Gasteiger partial charge in [-0.2, -0.15) is 0 Å². The smallest absolute Gasteiger partial charge is 0.129 e. The van der Waals surface area contributed by atoms with Gasteiger partial charge in [0.2, 0.25) is 0 Å². The van der Waals surface area contributed by atoms with E-state index >= 15 is 0 Å². The topological polar surface area (TPSA) is 36.4 Å². The van der Waals surface area contributed by atoms with Gasteiger partial charge in [-0.05, 0) is 28.0 Å². The summed E-state index contributed by atoms with van der Waals surface area (Å²) in [4.78, 5) is 3.95. The second-order valence-electron chi connectivity index (χ2n) is 2.02. The summed E-state index contributed by atoms with van der Waals surface area (Å²) in [5.74, 6) is 0. The van der Waals surface area contributed by atoms with Crippen LogP contribution in [0.3, 0.4) is 0 Å². The molecule has 0 spiro atoms. The Bertz CT molecular complexity index is 574. The molecule has 1 N–H and O–H groups in total. The van der Waals surface area contributed by atoms with E-state index in [1.807, 2.05) is 0 Å². The van der Waals surface area contributed by atoms with Crippen molar-refractivity contribution in [2.24, 2.45) is 0 Å². The Labute approximate surface area is 90.4 Å². The molecule has 1 aliphatic heterocycles. The third-order valence-corrected chi connectivity index (χ3v) is 1.80. The number of aliphatic hydroxyl groups is 1. The highest BCUT2D eigenvalue weighted by molar-refractivity contribution is 9.10. The maximum Gasteiger partial charge on any atom is 0.129 e. The van der Waals surface area contributed by atoms with Gasteiger partial charge < -0.3 is 10.0 Å². The van der Waals surface area contributed by atoms with Crippen molar-refractivity contribution in [2.45, 2.75) is 6.08 Å². The minimum atomic E-state index is -3.03. The quantitative estimate of drug-likeness (QED) is 0.741. The molecular weight excluding hydrogens is 220 g/mol. The largest absolute Gasteiger partial charge is 0.389 e. The summed E-state index contributed by atoms with van der Waals surface area (Å²) in [6.45, 7) is -5.63. The molecule has 4 heteroatoms. The fourth-order valence-corrected chi connectivity index (χ4v) is 1.11. The van der Waals surface area contributed by atoms with E-state index in [1.54, 1.807) is 0 Å². The van der Waals surface area contributed by atoms with Crippen molar-refractivity contribution in [3.05, 3.63) is 22.9 Å². The zero-order chi connectivity index (χ0) is 15.7. The number of rotatable bonds is 1. The number of pyridine rings is 1. The van der Waals surface area contributed by atoms with Crippen LogP contribution < -0.4 is 4.90 Å². The molecule has 0 atom stereocenters. The number of anilines is 1. The molecule has 1 saturated heterocycles. The van der Waals surface area contributed by atoms with Crippen molar-refractivity contribution in [3.8, 4) is 0 Å². The highest BCUT2D eigenvalue weighted by Gasteiger charge is 2.25. The van der Waals surface area contributed by atoms with Crippen molar-refractivity contribution < 1.29 is 16.1 Å². The first-order valence-corrected chi connectivity index (χ1v) is 3.82. The number of β-amino-alcohol motifs (C(OH)–C–C–N with tert-alkyl or cyclic N) is 1. The van der Waals surface area contributed by atoms with Gasteiger partial charge in [-0.25, -0.2) is 4.98 Å². The highest BCUT2D eigenvalue weighted by Crippen LogP contribution is 2.26. The molecular formula is C8H9BrN2O. The van der Waals surface area contributed by atoms with E-state index in [0.29, 0.717) is 4.90 Å². The van der Waals surface area contributed by atoms with Gasteiger partial charge in [-0.1, -0.05) is 0 Å². The molecule has 0 aromatic carbocycles. The molecule has 0 saturated carbocycles. The zero-order valence-corrected chi connectivity index (χ0v) is 7.31. The van der Waals surface area contributed by atoms with E-state index in [0.717, 1.165) is 0 Å². The highest BCUT2D eigenvalue weighted by atomic mass is 79.9. The standard InChI is InChI=1S/C8H9BrN2O/c9-8-7(2-1-3-10-8)11-4-6(12)5-11/h1-3,6,12H,4-5H2/i1D,2D,3D,4D2,5D2,6D. The van der Waals surface area contributed by atoms with E-state index in [9.17, 15) is 5.11 Å². The zero-order valence-electron chi connectivity index (χ0n) is 13.7. The molecule has 64 valence electrons. The third kappa shape index (κ3) is 1.32. The molecule has 0 unspecified atom stereocenters. The molecule has 0 radical (unpaired) electrons. The molecule has 12 heavy (non-hydrogen) atoms. The van der Waals surface area contributed by atoms with Gasteiger partial charge in [0.25, 0.3) is 0 Å². The van der Waals surface area contributed by atoms with Crippen LogP contribution in [0.1, 0.15) is 11.0 Å². The average molecular weight is 237 g/mol. The van der Waals surface area contributed by atoms with Gasteiger partial charge in [0, 0.05) is 19.2 Å². The maximum atomic E-state index is 9.60. The Kier molecular flexibility index (Phi) is 0.747. The Balaban J connectivity index is 2.68. The van der Waals surface area contributed by atoms with Gasteiger partial charge in [0.1, 0.15) is 4.60 Å². The molecule has 1 aliphatic rings. The SMILES string of the molecule is [2H]c1nc(Br)c(N2C([2H])([2H])C([2H])(O)C2([2H])[2H])c([2H])c1[2H]. The molecule has 1 aromatic heterocycles. The van der Waals surface area contributed by atoms with Crippen LogP contribution in [0.5, 0.6) is 0 Å². The number of nitrogens with zero attached hydrogens (tertiary/aromatic N) is 2. The average Bonchev–Trinajstić information content (AvgIpc) is 2.30. The monoisotopic (exact) mass is 236 g/mol. The lowest BCUT2D eigenvalue weighted by atomic mass is 10.1. The lowest BCUT2D eigenvalue weighted by molar-refractivity contribution is 0.141. The number of halogens is 1. The van der Waals surface area contributed by atoms with E-state index in [-0.39, 0.29) is 4.60 Å². The lowest BCUT2D eigenvalue weighted by Gasteiger charge is -2.37. The normalized spacial score (nSPS) is 38.3. The molecule has 0 bridgehead atoms. The van der Waals surface area contributed by atoms with E-state index in [4.69, 9.17) is 11.0 Å². The van der Waals surface area contributed by atoms with Crippen LogP contribution in [0.15, 0.2) is 22.9 Å². The third-order valence-electron chi connectivity index (χ3n) is 1.25. The maximum absolute atomic E-state index is 9.60. The molecule has 0 aliphatic carbocycles. The molecule has 2 heterocycles. The van der Waals surface area contributed by atoms with E-state index < -0.39 is 43.0 Å². The first-order valence-electron chi connectivity index (χ1n) is 7.03. The number of hydrogen-bond donors (Lipinski definition) is 1. The lowest BCUT2D eigenvalue weighted by Crippen LogP contribution is -2.51. The van der Waals surface area contributed by atoms with Crippen LogP contribution in [0.25, 0.3) is 0 Å². The second kappa shape index (κ2) is 3.03. The van der Waals surface area contributed by atoms with Crippen LogP contribution in [0.2, 0.25) is 0 Å². The van der Waals surface area contributed by atoms with Crippen LogP contribution in [-0.2, 0) is 0 Å². The summed E-state index contributed by atoms with van der Waals surface area (Å²) in [6.07, 6.45) is -3.55. The van der Waals surface area contributed by atoms with Gasteiger partial charge in [-0.15, -0.1) is 0 Å². The fourth-order valence-electron chi connectivity index (χ4n) is 0.740. The van der Waals surface area contributed by atoms with Crippen molar-refractivity contribution in [1.82, 2.24) is 4.98 Å². The predicted octanol–water partition coefficient (Wildman–Crippen LogP) is 1.02. The fraction of sp³-hybridized carbons (Fsp3) is 0.375.